The molecule has 1 heterocycles. The summed E-state index contributed by atoms with van der Waals surface area (Å²) >= 11 is 0. The van der Waals surface area contributed by atoms with E-state index in [1.807, 2.05) is 18.2 Å². The largest absolute Gasteiger partial charge is 0.469 e. The van der Waals surface area contributed by atoms with Crippen molar-refractivity contribution in [1.29, 1.82) is 0 Å². The fourth-order valence-corrected chi connectivity index (χ4v) is 3.98. The number of hydrogen-bond acceptors (Lipinski definition) is 4. The van der Waals surface area contributed by atoms with Crippen molar-refractivity contribution >= 4 is 40.0 Å². The second-order valence-corrected chi connectivity index (χ2v) is 8.55. The van der Waals surface area contributed by atoms with Gasteiger partial charge in [0.2, 0.25) is 10.0 Å². The van der Waals surface area contributed by atoms with Crippen LogP contribution in [-0.4, -0.2) is 28.0 Å². The Morgan fingerprint density at radius 1 is 1.00 bits per heavy atom. The molecule has 0 atom stereocenters. The minimum absolute atomic E-state index is 0. The third-order valence-corrected chi connectivity index (χ3v) is 5.89. The molecular weight excluding hydrogens is 546 g/mol. The smallest absolute Gasteiger partial charge is 0.240 e. The Morgan fingerprint density at radius 2 is 1.75 bits per heavy atom. The monoisotopic (exact) mass is 572 g/mol. The number of rotatable bonds is 9. The van der Waals surface area contributed by atoms with Gasteiger partial charge in [-0.3, -0.25) is 4.99 Å². The number of aliphatic imine (C=N–C) groups is 1. The van der Waals surface area contributed by atoms with E-state index in [1.54, 1.807) is 37.6 Å². The Kier molecular flexibility index (Phi) is 10.1. The molecule has 0 saturated heterocycles. The van der Waals surface area contributed by atoms with Crippen LogP contribution < -0.4 is 15.4 Å². The molecule has 7 nitrogen and oxygen atoms in total. The average molecular weight is 572 g/mol. The maximum absolute atomic E-state index is 13.3. The molecule has 0 saturated carbocycles. The second-order valence-electron chi connectivity index (χ2n) is 6.78. The van der Waals surface area contributed by atoms with E-state index < -0.39 is 15.8 Å². The summed E-state index contributed by atoms with van der Waals surface area (Å²) in [6.45, 7) is 1.05. The molecule has 10 heteroatoms. The van der Waals surface area contributed by atoms with Crippen molar-refractivity contribution < 1.29 is 17.2 Å². The molecule has 0 aliphatic rings. The van der Waals surface area contributed by atoms with E-state index in [2.05, 4.69) is 20.3 Å². The quantitative estimate of drug-likeness (QED) is 0.208. The minimum atomic E-state index is -3.73. The Balaban J connectivity index is 0.00000363. The molecule has 0 spiro atoms. The Labute approximate surface area is 204 Å². The van der Waals surface area contributed by atoms with Gasteiger partial charge in [0, 0.05) is 33.1 Å². The van der Waals surface area contributed by atoms with Crippen molar-refractivity contribution in [2.45, 2.75) is 24.4 Å². The van der Waals surface area contributed by atoms with Crippen LogP contribution in [0.3, 0.4) is 0 Å². The van der Waals surface area contributed by atoms with Crippen LogP contribution in [0, 0.1) is 5.82 Å². The number of guanidine groups is 1. The van der Waals surface area contributed by atoms with Crippen LogP contribution in [0.15, 0.2) is 81.2 Å². The van der Waals surface area contributed by atoms with E-state index >= 15 is 0 Å². The van der Waals surface area contributed by atoms with Crippen molar-refractivity contribution in [3.8, 4) is 0 Å². The fraction of sp³-hybridized carbons (Fsp3) is 0.227. The first-order valence-corrected chi connectivity index (χ1v) is 11.2. The van der Waals surface area contributed by atoms with Gasteiger partial charge in [-0.1, -0.05) is 24.3 Å². The van der Waals surface area contributed by atoms with Crippen LogP contribution >= 0.6 is 24.0 Å². The van der Waals surface area contributed by atoms with Crippen molar-refractivity contribution in [2.75, 3.05) is 13.6 Å². The number of furan rings is 1. The van der Waals surface area contributed by atoms with Crippen molar-refractivity contribution in [2.24, 2.45) is 4.99 Å². The maximum Gasteiger partial charge on any atom is 0.240 e. The summed E-state index contributed by atoms with van der Waals surface area (Å²) in [6.07, 6.45) is 2.36. The molecule has 0 aliphatic carbocycles. The number of halogens is 2. The van der Waals surface area contributed by atoms with Gasteiger partial charge in [-0.2, -0.15) is 0 Å². The molecule has 0 fully saturated rings. The highest BCUT2D eigenvalue weighted by Gasteiger charge is 2.14. The van der Waals surface area contributed by atoms with Crippen molar-refractivity contribution in [3.05, 3.63) is 89.6 Å². The van der Waals surface area contributed by atoms with Gasteiger partial charge in [-0.05, 0) is 47.5 Å². The first kappa shape index (κ1) is 25.8. The van der Waals surface area contributed by atoms with Gasteiger partial charge in [0.1, 0.15) is 11.6 Å². The molecule has 172 valence electrons. The molecule has 0 bridgehead atoms. The zero-order chi connectivity index (χ0) is 22.1. The molecule has 32 heavy (non-hydrogen) atoms. The summed E-state index contributed by atoms with van der Waals surface area (Å²) in [5.41, 5.74) is 1.33. The number of hydrogen-bond donors (Lipinski definition) is 3. The highest BCUT2D eigenvalue weighted by atomic mass is 127. The summed E-state index contributed by atoms with van der Waals surface area (Å²) in [5.74, 6) is 1.08. The minimum Gasteiger partial charge on any atom is -0.469 e. The molecule has 1 aromatic heterocycles. The number of nitrogens with zero attached hydrogens (tertiary/aromatic N) is 1. The Morgan fingerprint density at radius 3 is 2.44 bits per heavy atom. The topological polar surface area (TPSA) is 95.7 Å². The highest BCUT2D eigenvalue weighted by molar-refractivity contribution is 14.0. The molecule has 0 aliphatic heterocycles. The van der Waals surface area contributed by atoms with Crippen LogP contribution in [-0.2, 0) is 29.5 Å². The summed E-state index contributed by atoms with van der Waals surface area (Å²) in [7, 11) is -2.07. The lowest BCUT2D eigenvalue weighted by Gasteiger charge is -2.12. The fourth-order valence-electron chi connectivity index (χ4n) is 2.90. The van der Waals surface area contributed by atoms with E-state index in [-0.39, 0.29) is 35.4 Å². The molecule has 2 aromatic carbocycles. The van der Waals surface area contributed by atoms with Gasteiger partial charge in [0.25, 0.3) is 0 Å². The van der Waals surface area contributed by atoms with Crippen LogP contribution in [0.1, 0.15) is 16.9 Å². The third-order valence-electron chi connectivity index (χ3n) is 4.49. The molecule has 3 rings (SSSR count). The summed E-state index contributed by atoms with van der Waals surface area (Å²) in [5, 5.41) is 6.34. The lowest BCUT2D eigenvalue weighted by Crippen LogP contribution is -2.37. The zero-order valence-electron chi connectivity index (χ0n) is 17.5. The van der Waals surface area contributed by atoms with E-state index in [1.165, 1.54) is 18.2 Å². The van der Waals surface area contributed by atoms with Crippen molar-refractivity contribution in [3.63, 3.8) is 0 Å². The van der Waals surface area contributed by atoms with Gasteiger partial charge in [-0.25, -0.2) is 17.5 Å². The van der Waals surface area contributed by atoms with Crippen LogP contribution in [0.25, 0.3) is 0 Å². The van der Waals surface area contributed by atoms with E-state index in [0.717, 1.165) is 17.7 Å². The predicted octanol–water partition coefficient (Wildman–Crippen LogP) is 3.42. The molecule has 0 amide bonds. The molecule has 3 aromatic rings. The van der Waals surface area contributed by atoms with Crippen LogP contribution in [0.2, 0.25) is 0 Å². The van der Waals surface area contributed by atoms with Crippen LogP contribution in [0.4, 0.5) is 4.39 Å². The Hall–Kier alpha value is -2.44. The maximum atomic E-state index is 13.3. The number of benzene rings is 2. The molecular formula is C22H26FIN4O3S. The predicted molar refractivity (Wildman–Crippen MR) is 133 cm³/mol. The lowest BCUT2D eigenvalue weighted by molar-refractivity contribution is 0.507. The standard InChI is InChI=1S/C22H25FN4O3S.HI/c1-24-22(25-11-10-20-8-4-12-30-20)26-15-18-6-3-9-21(14-18)31(28,29)27-16-17-5-2-7-19(23)13-17;/h2-9,12-14,27H,10-11,15-16H2,1H3,(H2,24,25,26);1H. The highest BCUT2D eigenvalue weighted by Crippen LogP contribution is 2.13. The van der Waals surface area contributed by atoms with Gasteiger partial charge in [0.15, 0.2) is 5.96 Å². The van der Waals surface area contributed by atoms with Gasteiger partial charge in [-0.15, -0.1) is 24.0 Å². The van der Waals surface area contributed by atoms with Crippen molar-refractivity contribution in [1.82, 2.24) is 15.4 Å². The first-order chi connectivity index (χ1) is 15.0. The van der Waals surface area contributed by atoms with E-state index in [0.29, 0.717) is 24.6 Å². The summed E-state index contributed by atoms with van der Waals surface area (Å²) in [4.78, 5) is 4.31. The normalized spacial score (nSPS) is 11.6. The van der Waals surface area contributed by atoms with Gasteiger partial charge >= 0.3 is 0 Å². The third kappa shape index (κ3) is 7.92. The lowest BCUT2D eigenvalue weighted by atomic mass is 10.2. The SMILES string of the molecule is CN=C(NCCc1ccco1)NCc1cccc(S(=O)(=O)NCc2cccc(F)c2)c1.I. The zero-order valence-corrected chi connectivity index (χ0v) is 20.7. The van der Waals surface area contributed by atoms with E-state index in [4.69, 9.17) is 4.42 Å². The number of nitrogens with one attached hydrogen (secondary N) is 3. The molecule has 0 unspecified atom stereocenters. The van der Waals surface area contributed by atoms with Crippen LogP contribution in [0.5, 0.6) is 0 Å². The van der Waals surface area contributed by atoms with Gasteiger partial charge in [0.05, 0.1) is 11.2 Å². The Bertz CT molecular complexity index is 1120. The molecule has 0 radical (unpaired) electrons. The van der Waals surface area contributed by atoms with Gasteiger partial charge < -0.3 is 15.1 Å². The number of sulfonamides is 1. The summed E-state index contributed by atoms with van der Waals surface area (Å²) in [6, 6.07) is 16.2. The average Bonchev–Trinajstić information content (AvgIpc) is 3.28. The molecule has 3 N–H and O–H groups in total. The first-order valence-electron chi connectivity index (χ1n) is 9.76. The second kappa shape index (κ2) is 12.6. The van der Waals surface area contributed by atoms with E-state index in [9.17, 15) is 12.8 Å². The summed E-state index contributed by atoms with van der Waals surface area (Å²) < 4.78 is 46.3.